The number of piperidine rings is 5. The smallest absolute Gasteiger partial charge is 0.477 e. The zero-order valence-electron chi connectivity index (χ0n) is 81.7. The second kappa shape index (κ2) is 47.9. The molecule has 2 aromatic carbocycles. The van der Waals surface area contributed by atoms with Gasteiger partial charge in [-0.05, 0) is 138 Å². The fourth-order valence-electron chi connectivity index (χ4n) is 18.7. The number of aliphatic hydroxyl groups excluding tert-OH is 4. The number of carbonyl (C=O) groups excluding carboxylic acids is 19. The number of carboxylic acids is 2. The Morgan fingerprint density at radius 1 is 0.424 bits per heavy atom. The molecule has 41 nitrogen and oxygen atoms in total. The molecule has 0 bridgehead atoms. The number of hydrogen-bond acceptors (Lipinski definition) is 34. The van der Waals surface area contributed by atoms with E-state index in [-0.39, 0.29) is 173 Å². The molecule has 9 saturated heterocycles. The zero-order chi connectivity index (χ0) is 105. The minimum absolute atomic E-state index is 0. The Labute approximate surface area is 889 Å². The first-order valence-corrected chi connectivity index (χ1v) is 49.9. The number of β-lactam (4-membered cyclic amide) rings is 4. The van der Waals surface area contributed by atoms with Crippen molar-refractivity contribution in [1.29, 1.82) is 0 Å². The van der Waals surface area contributed by atoms with Crippen LogP contribution in [0.4, 0.5) is 18.9 Å². The number of alkyl halides is 3. The molecule has 13 aliphatic rings. The van der Waals surface area contributed by atoms with E-state index in [1.54, 1.807) is 60.7 Å². The fraction of sp³-hybridized carbons (Fsp3) is 0.559. The van der Waals surface area contributed by atoms with Crippen LogP contribution in [0.3, 0.4) is 0 Å². The quantitative estimate of drug-likeness (QED) is 0.0182. The molecule has 770 valence electrons. The van der Waals surface area contributed by atoms with E-state index in [2.05, 4.69) is 26.6 Å². The topological polar surface area (TPSA) is 602 Å². The average molecular weight is 2130 g/mol. The predicted molar refractivity (Wildman–Crippen MR) is 498 cm³/mol. The van der Waals surface area contributed by atoms with Gasteiger partial charge in [0.05, 0.1) is 115 Å². The number of aliphatic hydroxyl groups is 4. The van der Waals surface area contributed by atoms with E-state index in [0.717, 1.165) is 51.9 Å². The molecule has 0 radical (unpaired) electrons. The monoisotopic (exact) mass is 2130 g/mol. The number of rotatable bonds is 25. The molecular formula is C93H111F3N10Na2O31S5+2. The fourth-order valence-corrected chi connectivity index (χ4v) is 25.3. The molecule has 0 aliphatic carbocycles. The number of ether oxygens (including phenoxy) is 4. The van der Waals surface area contributed by atoms with Gasteiger partial charge in [-0.15, -0.1) is 58.8 Å². The summed E-state index contributed by atoms with van der Waals surface area (Å²) < 4.78 is 57.5. The number of esters is 4. The number of carbonyl (C=O) groups is 21. The standard InChI is InChI=1S/C21H19F3N2O3S.2C21H28N2O8S.2C15H18N2O6S.2Na/c1-2-20(13-8-10-14(11-9-13)25-19(29)21(22,23)24)12-16(17(27)26-18(20)28)30-15-6-4-3-5-7-15;2*1-9-14-13(10(2)24)18(27)23(14)15(19(28)30-8-31-20(29)21(3,4)5)16(9)32-11-6-7-12(25)22-17(11)26;2*1-5-10-9(6(2)18)14(21)17(10)11(15(22)23)12(5)24-7-3-4-8(19)16-13(7)20;;/h3-11,16H,2,12H2,1H3,(H,25,29)(H,26,27,28);2*9-11,13-14,24H,6-8H2,1-5H3,(H,22,25,26);2*5-7,9-10,18H,3-4H2,1-2H3,(H,22,23)(H,16,19,20);;/q;;;;;2*+1/t;9-,10-,11+,13-,14-;9-,10-,11-,13-,14-;5-,6-,7+,9-,10-;5-,6-,7-,9-,10-;;/m.1111../s1. The number of benzene rings is 2. The number of nitrogens with zero attached hydrogens (tertiary/aromatic N) is 4. The minimum atomic E-state index is -4.99. The zero-order valence-corrected chi connectivity index (χ0v) is 89.7. The van der Waals surface area contributed by atoms with Gasteiger partial charge in [0, 0.05) is 79.6 Å². The van der Waals surface area contributed by atoms with Gasteiger partial charge in [-0.2, -0.15) is 13.2 Å². The summed E-state index contributed by atoms with van der Waals surface area (Å²) in [6, 6.07) is 13.3. The summed E-state index contributed by atoms with van der Waals surface area (Å²) in [5.41, 5.74) is -2.25. The summed E-state index contributed by atoms with van der Waals surface area (Å²) >= 11 is 5.81. The Balaban J connectivity index is 0.000000201. The summed E-state index contributed by atoms with van der Waals surface area (Å²) in [4.78, 5) is 261. The number of anilines is 1. The van der Waals surface area contributed by atoms with Crippen LogP contribution in [0.5, 0.6) is 0 Å². The second-order valence-electron chi connectivity index (χ2n) is 38.1. The number of nitrogens with one attached hydrogen (secondary N) is 6. The third kappa shape index (κ3) is 25.1. The summed E-state index contributed by atoms with van der Waals surface area (Å²) in [6.45, 7) is 23.8. The number of aliphatic carboxylic acids is 2. The Morgan fingerprint density at radius 2 is 0.708 bits per heavy atom. The van der Waals surface area contributed by atoms with Crippen LogP contribution < -0.4 is 91.0 Å². The molecular weight excluding hydrogens is 2020 g/mol. The molecule has 51 heteroatoms. The van der Waals surface area contributed by atoms with E-state index in [0.29, 0.717) is 57.3 Å². The van der Waals surface area contributed by atoms with Crippen LogP contribution in [0.25, 0.3) is 0 Å². The van der Waals surface area contributed by atoms with Gasteiger partial charge in [-0.25, -0.2) is 19.2 Å². The van der Waals surface area contributed by atoms with Crippen LogP contribution >= 0.6 is 58.8 Å². The summed E-state index contributed by atoms with van der Waals surface area (Å²) in [7, 11) is 0. The first kappa shape index (κ1) is 118. The molecule has 12 N–H and O–H groups in total. The first-order chi connectivity index (χ1) is 66.3. The first-order valence-electron chi connectivity index (χ1n) is 45.5. The summed E-state index contributed by atoms with van der Waals surface area (Å²) in [6.07, 6.45) is -5.86. The second-order valence-corrected chi connectivity index (χ2v) is 44.3. The molecule has 15 rings (SSSR count). The largest absolute Gasteiger partial charge is 1.00 e. The number of thioether (sulfide) groups is 5. The van der Waals surface area contributed by atoms with Crippen LogP contribution in [0, 0.1) is 58.2 Å². The van der Waals surface area contributed by atoms with E-state index in [1.165, 1.54) is 83.3 Å². The van der Waals surface area contributed by atoms with E-state index in [4.69, 9.17) is 18.9 Å². The van der Waals surface area contributed by atoms with E-state index in [1.807, 2.05) is 51.1 Å². The number of carboxylic acid groups (broad SMARTS) is 2. The maximum absolute atomic E-state index is 12.9. The third-order valence-corrected chi connectivity index (χ3v) is 33.5. The van der Waals surface area contributed by atoms with Crippen molar-refractivity contribution in [2.24, 2.45) is 58.2 Å². The molecule has 0 saturated carbocycles. The molecule has 2 unspecified atom stereocenters. The van der Waals surface area contributed by atoms with Gasteiger partial charge < -0.3 is 74.5 Å². The van der Waals surface area contributed by atoms with Gasteiger partial charge in [-0.1, -0.05) is 65.0 Å². The Hall–Kier alpha value is -9.35. The van der Waals surface area contributed by atoms with Gasteiger partial charge in [0.25, 0.3) is 0 Å². The van der Waals surface area contributed by atoms with Gasteiger partial charge in [-0.3, -0.25) is 108 Å². The molecule has 0 spiro atoms. The molecule has 22 atom stereocenters. The molecule has 0 aromatic heterocycles. The van der Waals surface area contributed by atoms with Crippen LogP contribution in [0.15, 0.2) is 102 Å². The molecule has 13 heterocycles. The van der Waals surface area contributed by atoms with Crippen LogP contribution in [-0.4, -0.2) is 269 Å². The Morgan fingerprint density at radius 3 is 0.972 bits per heavy atom. The third-order valence-electron chi connectivity index (χ3n) is 26.1. The number of amides is 15. The molecule has 9 fully saturated rings. The number of halogens is 3. The Kier molecular flexibility index (Phi) is 39.3. The van der Waals surface area contributed by atoms with Crippen LogP contribution in [0.1, 0.15) is 174 Å². The van der Waals surface area contributed by atoms with Crippen LogP contribution in [-0.2, 0) is 125 Å². The van der Waals surface area contributed by atoms with Crippen molar-refractivity contribution in [2.75, 3.05) is 18.9 Å². The number of fused-ring (bicyclic) bond motifs is 4. The van der Waals surface area contributed by atoms with Crippen molar-refractivity contribution >= 4 is 189 Å². The van der Waals surface area contributed by atoms with Gasteiger partial charge in [0.2, 0.25) is 96.3 Å². The van der Waals surface area contributed by atoms with Crippen molar-refractivity contribution in [1.82, 2.24) is 46.2 Å². The number of imide groups is 5. The normalized spacial score (nSPS) is 28.6. The van der Waals surface area contributed by atoms with Gasteiger partial charge in [0.1, 0.15) is 22.8 Å². The molecule has 2 aromatic rings. The summed E-state index contributed by atoms with van der Waals surface area (Å²) in [5.74, 6) is -16.8. The van der Waals surface area contributed by atoms with Crippen LogP contribution in [0.2, 0.25) is 0 Å². The molecule has 13 aliphatic heterocycles. The molecule has 144 heavy (non-hydrogen) atoms. The van der Waals surface area contributed by atoms with Crippen molar-refractivity contribution in [2.45, 2.75) is 259 Å². The van der Waals surface area contributed by atoms with Crippen molar-refractivity contribution < 1.29 is 223 Å². The van der Waals surface area contributed by atoms with E-state index in [9.17, 15) is 144 Å². The maximum atomic E-state index is 12.9. The molecule has 15 amide bonds. The van der Waals surface area contributed by atoms with Gasteiger partial charge in [0.15, 0.2) is 0 Å². The number of hydrogen-bond donors (Lipinski definition) is 12. The van der Waals surface area contributed by atoms with Crippen molar-refractivity contribution in [3.8, 4) is 0 Å². The Bertz CT molecular complexity index is 5400. The predicted octanol–water partition coefficient (Wildman–Crippen LogP) is -1.22. The van der Waals surface area contributed by atoms with E-state index >= 15 is 0 Å². The van der Waals surface area contributed by atoms with Crippen molar-refractivity contribution in [3.05, 3.63) is 103 Å². The average Bonchev–Trinajstić information content (AvgIpc) is 1.57. The SMILES string of the molecule is CCC1(c2ccc(NC(=O)C(F)(F)F)cc2)CC(Sc2ccccc2)C(=O)NC1=O.C[C@@H](O)[C@H]1C(=O)N2C(C(=O)O)=C(S[C@@H]3CCC(=O)NC3=O)[C@H](C)[C@H]12.C[C@@H](O)[C@H]1C(=O)N2C(C(=O)O)=C(S[C@H]3CCC(=O)NC3=O)[C@H](C)[C@H]12.C[C@@H](O)[C@H]1C(=O)N2C(C(=O)OCOC(=O)C(C)(C)C)=C(S[C@@H]3CCC(=O)NC3=O)[C@H](C)[C@H]12.C[C@@H](O)[C@H]1C(=O)N2C(C(=O)OCOC(=O)C(C)(C)C)=C(S[C@H]3CCC(=O)NC3=O)[C@H](C)[C@H]12.[Na+].[Na+]. The maximum Gasteiger partial charge on any atom is 1.00 e. The van der Waals surface area contributed by atoms with Gasteiger partial charge >= 0.3 is 107 Å². The van der Waals surface area contributed by atoms with E-state index < -0.39 is 229 Å². The minimum Gasteiger partial charge on any atom is -0.477 e. The van der Waals surface area contributed by atoms with Crippen molar-refractivity contribution in [3.63, 3.8) is 0 Å². The summed E-state index contributed by atoms with van der Waals surface area (Å²) in [5, 5.41) is 69.1.